The molecule has 5 rings (SSSR count). The molecule has 0 bridgehead atoms. The molecule has 3 aliphatic rings. The molecule has 3 amide bonds. The van der Waals surface area contributed by atoms with E-state index in [1.165, 1.54) is 17.5 Å². The Kier molecular flexibility index (Phi) is 3.96. The summed E-state index contributed by atoms with van der Waals surface area (Å²) in [5.41, 5.74) is 5.88. The first-order valence-electron chi connectivity index (χ1n) is 9.73. The van der Waals surface area contributed by atoms with Crippen LogP contribution in [0.3, 0.4) is 0 Å². The third-order valence-corrected chi connectivity index (χ3v) is 5.96. The number of hydrogen-bond acceptors (Lipinski definition) is 5. The van der Waals surface area contributed by atoms with Crippen LogP contribution in [0, 0.1) is 0 Å². The molecule has 1 N–H and O–H groups in total. The molecule has 28 heavy (non-hydrogen) atoms. The van der Waals surface area contributed by atoms with Crippen LogP contribution in [0.1, 0.15) is 52.7 Å². The molecule has 3 heterocycles. The molecule has 7 nitrogen and oxygen atoms in total. The highest BCUT2D eigenvalue weighted by molar-refractivity contribution is 6.05. The summed E-state index contributed by atoms with van der Waals surface area (Å²) in [4.78, 5) is 38.0. The van der Waals surface area contributed by atoms with Crippen LogP contribution in [-0.2, 0) is 29.0 Å². The van der Waals surface area contributed by atoms with Crippen molar-refractivity contribution in [3.05, 3.63) is 46.6 Å². The van der Waals surface area contributed by atoms with Crippen LogP contribution in [0.4, 0.5) is 0 Å². The number of benzene rings is 1. The highest BCUT2D eigenvalue weighted by atomic mass is 16.2. The van der Waals surface area contributed by atoms with Gasteiger partial charge in [0.2, 0.25) is 11.8 Å². The number of fused-ring (bicyclic) bond motifs is 2. The van der Waals surface area contributed by atoms with Crippen molar-refractivity contribution < 1.29 is 14.4 Å². The first-order chi connectivity index (χ1) is 13.6. The van der Waals surface area contributed by atoms with E-state index in [1.807, 2.05) is 24.4 Å². The number of imide groups is 1. The second-order valence-electron chi connectivity index (χ2n) is 7.68. The van der Waals surface area contributed by atoms with Crippen LogP contribution in [-0.4, -0.2) is 38.9 Å². The number of hydrogen-bond donors (Lipinski definition) is 1. The van der Waals surface area contributed by atoms with E-state index in [1.54, 1.807) is 4.90 Å². The quantitative estimate of drug-likeness (QED) is 0.807. The Morgan fingerprint density at radius 2 is 1.89 bits per heavy atom. The molecule has 2 aromatic rings. The van der Waals surface area contributed by atoms with Gasteiger partial charge >= 0.3 is 0 Å². The Bertz CT molecular complexity index is 1020. The normalized spacial score (nSPS) is 21.4. The highest BCUT2D eigenvalue weighted by Gasteiger charge is 2.39. The average molecular weight is 376 g/mol. The summed E-state index contributed by atoms with van der Waals surface area (Å²) in [5.74, 6) is -0.821. The Morgan fingerprint density at radius 1 is 1.04 bits per heavy atom. The molecule has 1 aromatic heterocycles. The third-order valence-electron chi connectivity index (χ3n) is 5.96. The lowest BCUT2D eigenvalue weighted by Crippen LogP contribution is -2.52. The minimum absolute atomic E-state index is 0.155. The fourth-order valence-corrected chi connectivity index (χ4v) is 4.51. The SMILES string of the molecule is O=C1CCC(N2Cc3cc(-c4nncc5c4CCCC5)ccc3C2=O)C(=O)N1. The number of amides is 3. The largest absolute Gasteiger partial charge is 0.322 e. The van der Waals surface area contributed by atoms with Crippen molar-refractivity contribution in [3.8, 4) is 11.3 Å². The molecule has 2 aliphatic heterocycles. The van der Waals surface area contributed by atoms with Gasteiger partial charge < -0.3 is 4.90 Å². The molecule has 7 heteroatoms. The zero-order valence-corrected chi connectivity index (χ0v) is 15.4. The number of aryl methyl sites for hydroxylation is 1. The Hall–Kier alpha value is -3.09. The molecule has 0 spiro atoms. The molecule has 1 unspecified atom stereocenters. The van der Waals surface area contributed by atoms with Crippen LogP contribution in [0.15, 0.2) is 24.4 Å². The van der Waals surface area contributed by atoms with E-state index in [9.17, 15) is 14.4 Å². The van der Waals surface area contributed by atoms with Crippen LogP contribution >= 0.6 is 0 Å². The molecule has 1 saturated heterocycles. The minimum atomic E-state index is -0.592. The van der Waals surface area contributed by atoms with E-state index in [2.05, 4.69) is 15.5 Å². The van der Waals surface area contributed by atoms with Gasteiger partial charge in [-0.3, -0.25) is 19.7 Å². The molecule has 1 atom stereocenters. The molecule has 1 fully saturated rings. The van der Waals surface area contributed by atoms with E-state index < -0.39 is 6.04 Å². The maximum atomic E-state index is 12.8. The van der Waals surface area contributed by atoms with Crippen molar-refractivity contribution in [2.75, 3.05) is 0 Å². The van der Waals surface area contributed by atoms with Crippen molar-refractivity contribution in [3.63, 3.8) is 0 Å². The summed E-state index contributed by atoms with van der Waals surface area (Å²) < 4.78 is 0. The molecule has 0 radical (unpaired) electrons. The molecule has 142 valence electrons. The average Bonchev–Trinajstić information content (AvgIpc) is 3.03. The summed E-state index contributed by atoms with van der Waals surface area (Å²) in [6.45, 7) is 0.372. The standard InChI is InChI=1S/C21H20N4O3/c26-18-8-7-17(20(27)23-18)25-11-14-9-12(5-6-16(14)21(25)28)19-15-4-2-1-3-13(15)10-22-24-19/h5-6,9-10,17H,1-4,7-8,11H2,(H,23,26,27). The van der Waals surface area contributed by atoms with Crippen LogP contribution in [0.2, 0.25) is 0 Å². The lowest BCUT2D eigenvalue weighted by atomic mass is 9.89. The summed E-state index contributed by atoms with van der Waals surface area (Å²) in [7, 11) is 0. The van der Waals surface area contributed by atoms with Gasteiger partial charge in [0.15, 0.2) is 0 Å². The molecule has 1 aliphatic carbocycles. The van der Waals surface area contributed by atoms with Crippen molar-refractivity contribution >= 4 is 17.7 Å². The zero-order valence-electron chi connectivity index (χ0n) is 15.4. The number of carbonyl (C=O) groups is 3. The fourth-order valence-electron chi connectivity index (χ4n) is 4.51. The number of nitrogens with zero attached hydrogens (tertiary/aromatic N) is 3. The van der Waals surface area contributed by atoms with Crippen LogP contribution < -0.4 is 5.32 Å². The van der Waals surface area contributed by atoms with Gasteiger partial charge in [-0.1, -0.05) is 6.07 Å². The van der Waals surface area contributed by atoms with E-state index in [-0.39, 0.29) is 24.1 Å². The predicted molar refractivity (Wildman–Crippen MR) is 100 cm³/mol. The molecular formula is C21H20N4O3. The van der Waals surface area contributed by atoms with Gasteiger partial charge in [-0.25, -0.2) is 0 Å². The molecular weight excluding hydrogens is 356 g/mol. The van der Waals surface area contributed by atoms with E-state index in [4.69, 9.17) is 0 Å². The second-order valence-corrected chi connectivity index (χ2v) is 7.68. The predicted octanol–water partition coefficient (Wildman–Crippen LogP) is 1.78. The summed E-state index contributed by atoms with van der Waals surface area (Å²) >= 11 is 0. The maximum absolute atomic E-state index is 12.8. The Balaban J connectivity index is 1.47. The highest BCUT2D eigenvalue weighted by Crippen LogP contribution is 2.33. The third kappa shape index (κ3) is 2.69. The topological polar surface area (TPSA) is 92.3 Å². The zero-order chi connectivity index (χ0) is 19.3. The maximum Gasteiger partial charge on any atom is 0.255 e. The van der Waals surface area contributed by atoms with Crippen LogP contribution in [0.25, 0.3) is 11.3 Å². The molecule has 0 saturated carbocycles. The van der Waals surface area contributed by atoms with Crippen molar-refractivity contribution in [1.82, 2.24) is 20.4 Å². The number of carbonyl (C=O) groups excluding carboxylic acids is 3. The lowest BCUT2D eigenvalue weighted by molar-refractivity contribution is -0.136. The Labute approximate surface area is 162 Å². The van der Waals surface area contributed by atoms with Crippen molar-refractivity contribution in [2.24, 2.45) is 0 Å². The van der Waals surface area contributed by atoms with Gasteiger partial charge in [0, 0.05) is 24.1 Å². The number of nitrogens with one attached hydrogen (secondary N) is 1. The van der Waals surface area contributed by atoms with Crippen molar-refractivity contribution in [1.29, 1.82) is 0 Å². The van der Waals surface area contributed by atoms with Gasteiger partial charge in [-0.15, -0.1) is 0 Å². The summed E-state index contributed by atoms with van der Waals surface area (Å²) in [5, 5.41) is 10.9. The fraction of sp³-hybridized carbons (Fsp3) is 0.381. The van der Waals surface area contributed by atoms with E-state index in [0.717, 1.165) is 36.1 Å². The van der Waals surface area contributed by atoms with Gasteiger partial charge in [0.1, 0.15) is 6.04 Å². The first-order valence-corrected chi connectivity index (χ1v) is 9.73. The van der Waals surface area contributed by atoms with Gasteiger partial charge in [0.25, 0.3) is 5.91 Å². The summed E-state index contributed by atoms with van der Waals surface area (Å²) in [6.07, 6.45) is 6.85. The monoisotopic (exact) mass is 376 g/mol. The summed E-state index contributed by atoms with van der Waals surface area (Å²) in [6, 6.07) is 5.15. The van der Waals surface area contributed by atoms with Gasteiger partial charge in [-0.05, 0) is 60.9 Å². The minimum Gasteiger partial charge on any atom is -0.322 e. The van der Waals surface area contributed by atoms with E-state index >= 15 is 0 Å². The second kappa shape index (κ2) is 6.51. The Morgan fingerprint density at radius 3 is 2.75 bits per heavy atom. The van der Waals surface area contributed by atoms with Gasteiger partial charge in [-0.2, -0.15) is 10.2 Å². The van der Waals surface area contributed by atoms with Gasteiger partial charge in [0.05, 0.1) is 11.9 Å². The van der Waals surface area contributed by atoms with E-state index in [0.29, 0.717) is 18.5 Å². The van der Waals surface area contributed by atoms with Crippen LogP contribution in [0.5, 0.6) is 0 Å². The first kappa shape index (κ1) is 17.0. The lowest BCUT2D eigenvalue weighted by Gasteiger charge is -2.29. The number of rotatable bonds is 2. The van der Waals surface area contributed by atoms with Crippen molar-refractivity contribution in [2.45, 2.75) is 51.1 Å². The number of piperidine rings is 1. The molecule has 1 aromatic carbocycles. The number of aromatic nitrogens is 2. The smallest absolute Gasteiger partial charge is 0.255 e.